The van der Waals surface area contributed by atoms with E-state index in [2.05, 4.69) is 22.5 Å². The van der Waals surface area contributed by atoms with Crippen LogP contribution < -0.4 is 11.1 Å². The van der Waals surface area contributed by atoms with Gasteiger partial charge in [0.15, 0.2) is 5.11 Å². The Kier molecular flexibility index (Phi) is 2.78. The number of nitrogens with zero attached hydrogens (tertiary/aromatic N) is 1. The lowest BCUT2D eigenvalue weighted by atomic mass is 10.4. The minimum atomic E-state index is 0.118. The number of nitrogens with two attached hydrogens (primary N) is 1. The highest BCUT2D eigenvalue weighted by molar-refractivity contribution is 7.80. The average molecular weight is 187 g/mol. The van der Waals surface area contributed by atoms with Gasteiger partial charge in [-0.15, -0.1) is 11.3 Å². The summed E-state index contributed by atoms with van der Waals surface area (Å²) in [6.07, 6.45) is 1.76. The van der Waals surface area contributed by atoms with Crippen molar-refractivity contribution in [2.45, 2.75) is 13.0 Å². The summed E-state index contributed by atoms with van der Waals surface area (Å²) in [7, 11) is 0. The van der Waals surface area contributed by atoms with E-state index in [0.717, 1.165) is 5.01 Å². The standard InChI is InChI=1S/C6H9N3S2/c1-4(9-6(7)10)5-8-2-3-11-5/h2-4H,1H3,(H3,7,9,10). The minimum absolute atomic E-state index is 0.118. The second kappa shape index (κ2) is 3.64. The summed E-state index contributed by atoms with van der Waals surface area (Å²) in [4.78, 5) is 4.11. The SMILES string of the molecule is CC(NC(N)=S)c1nccs1. The van der Waals surface area contributed by atoms with Crippen LogP contribution in [0.1, 0.15) is 18.0 Å². The van der Waals surface area contributed by atoms with Crippen LogP contribution >= 0.6 is 23.6 Å². The van der Waals surface area contributed by atoms with Crippen LogP contribution in [0.5, 0.6) is 0 Å². The van der Waals surface area contributed by atoms with Crippen LogP contribution in [0.2, 0.25) is 0 Å². The molecule has 3 nitrogen and oxygen atoms in total. The van der Waals surface area contributed by atoms with Crippen molar-refractivity contribution in [3.63, 3.8) is 0 Å². The number of nitrogens with one attached hydrogen (secondary N) is 1. The first-order chi connectivity index (χ1) is 5.20. The molecule has 1 atom stereocenters. The molecule has 0 aliphatic carbocycles. The first kappa shape index (κ1) is 8.42. The predicted molar refractivity (Wildman–Crippen MR) is 50.5 cm³/mol. The van der Waals surface area contributed by atoms with Crippen LogP contribution in [0.25, 0.3) is 0 Å². The lowest BCUT2D eigenvalue weighted by Gasteiger charge is -2.09. The van der Waals surface area contributed by atoms with E-state index in [1.54, 1.807) is 17.5 Å². The first-order valence-corrected chi connectivity index (χ1v) is 4.44. The van der Waals surface area contributed by atoms with Gasteiger partial charge in [-0.2, -0.15) is 0 Å². The van der Waals surface area contributed by atoms with Crippen molar-refractivity contribution in [1.82, 2.24) is 10.3 Å². The van der Waals surface area contributed by atoms with Crippen molar-refractivity contribution in [1.29, 1.82) is 0 Å². The Balaban J connectivity index is 2.56. The Bertz CT molecular complexity index is 232. The molecule has 0 aliphatic heterocycles. The molecule has 3 N–H and O–H groups in total. The molecule has 1 rings (SSSR count). The summed E-state index contributed by atoms with van der Waals surface area (Å²) >= 11 is 6.27. The van der Waals surface area contributed by atoms with E-state index in [9.17, 15) is 0 Å². The van der Waals surface area contributed by atoms with Gasteiger partial charge in [0.2, 0.25) is 0 Å². The molecule has 0 bridgehead atoms. The monoisotopic (exact) mass is 187 g/mol. The van der Waals surface area contributed by atoms with E-state index in [1.807, 2.05) is 12.3 Å². The van der Waals surface area contributed by atoms with Crippen LogP contribution in [-0.4, -0.2) is 10.1 Å². The van der Waals surface area contributed by atoms with Gasteiger partial charge in [0, 0.05) is 11.6 Å². The van der Waals surface area contributed by atoms with Crippen LogP contribution in [-0.2, 0) is 0 Å². The Hall–Kier alpha value is -0.680. The molecule has 11 heavy (non-hydrogen) atoms. The van der Waals surface area contributed by atoms with Gasteiger partial charge in [-0.3, -0.25) is 0 Å². The van der Waals surface area contributed by atoms with Crippen LogP contribution in [0.15, 0.2) is 11.6 Å². The van der Waals surface area contributed by atoms with Gasteiger partial charge in [-0.1, -0.05) is 0 Å². The lowest BCUT2D eigenvalue weighted by molar-refractivity contribution is 0.713. The fourth-order valence-corrected chi connectivity index (χ4v) is 1.55. The topological polar surface area (TPSA) is 50.9 Å². The van der Waals surface area contributed by atoms with Crippen molar-refractivity contribution >= 4 is 28.7 Å². The Labute approximate surface area is 74.6 Å². The van der Waals surface area contributed by atoms with E-state index in [4.69, 9.17) is 5.73 Å². The summed E-state index contributed by atoms with van der Waals surface area (Å²) in [5.41, 5.74) is 5.30. The van der Waals surface area contributed by atoms with Crippen LogP contribution in [0.4, 0.5) is 0 Å². The molecule has 0 fully saturated rings. The zero-order valence-corrected chi connectivity index (χ0v) is 7.71. The molecule has 0 spiro atoms. The molecular formula is C6H9N3S2. The molecule has 0 aromatic carbocycles. The quantitative estimate of drug-likeness (QED) is 0.679. The van der Waals surface area contributed by atoms with E-state index in [-0.39, 0.29) is 6.04 Å². The molecule has 60 valence electrons. The van der Waals surface area contributed by atoms with Gasteiger partial charge in [0.1, 0.15) is 5.01 Å². The largest absolute Gasteiger partial charge is 0.376 e. The zero-order valence-electron chi connectivity index (χ0n) is 6.07. The highest BCUT2D eigenvalue weighted by Crippen LogP contribution is 2.13. The maximum atomic E-state index is 5.30. The lowest BCUT2D eigenvalue weighted by Crippen LogP contribution is -2.31. The molecule has 1 aromatic rings. The molecule has 0 aliphatic rings. The summed E-state index contributed by atoms with van der Waals surface area (Å²) in [6.45, 7) is 1.97. The normalized spacial score (nSPS) is 12.5. The average Bonchev–Trinajstić information content (AvgIpc) is 2.35. The first-order valence-electron chi connectivity index (χ1n) is 3.15. The third kappa shape index (κ3) is 2.44. The summed E-state index contributed by atoms with van der Waals surface area (Å²) in [6, 6.07) is 0.118. The molecule has 0 radical (unpaired) electrons. The van der Waals surface area contributed by atoms with Gasteiger partial charge in [0.25, 0.3) is 0 Å². The van der Waals surface area contributed by atoms with Crippen LogP contribution in [0.3, 0.4) is 0 Å². The molecule has 5 heteroatoms. The molecule has 0 amide bonds. The fourth-order valence-electron chi connectivity index (χ4n) is 0.723. The van der Waals surface area contributed by atoms with Crippen molar-refractivity contribution < 1.29 is 0 Å². The molecule has 1 aromatic heterocycles. The van der Waals surface area contributed by atoms with E-state index in [1.165, 1.54) is 0 Å². The van der Waals surface area contributed by atoms with Gasteiger partial charge in [0.05, 0.1) is 6.04 Å². The Morgan fingerprint density at radius 2 is 2.64 bits per heavy atom. The Morgan fingerprint density at radius 1 is 1.91 bits per heavy atom. The highest BCUT2D eigenvalue weighted by Gasteiger charge is 2.06. The molecular weight excluding hydrogens is 178 g/mol. The minimum Gasteiger partial charge on any atom is -0.376 e. The van der Waals surface area contributed by atoms with E-state index in [0.29, 0.717) is 5.11 Å². The van der Waals surface area contributed by atoms with Crippen molar-refractivity contribution in [3.05, 3.63) is 16.6 Å². The molecule has 1 unspecified atom stereocenters. The summed E-state index contributed by atoms with van der Waals surface area (Å²) in [5, 5.41) is 6.14. The third-order valence-corrected chi connectivity index (χ3v) is 2.26. The second-order valence-corrected chi connectivity index (χ2v) is 3.47. The number of aromatic nitrogens is 1. The maximum Gasteiger partial charge on any atom is 0.164 e. The number of thiocarbonyl (C=S) groups is 1. The summed E-state index contributed by atoms with van der Waals surface area (Å²) < 4.78 is 0. The molecule has 0 saturated heterocycles. The van der Waals surface area contributed by atoms with Gasteiger partial charge in [-0.05, 0) is 19.1 Å². The number of thiazole rings is 1. The number of hydrogen-bond donors (Lipinski definition) is 2. The fraction of sp³-hybridized carbons (Fsp3) is 0.333. The van der Waals surface area contributed by atoms with Crippen molar-refractivity contribution in [2.75, 3.05) is 0 Å². The van der Waals surface area contributed by atoms with E-state index < -0.39 is 0 Å². The highest BCUT2D eigenvalue weighted by atomic mass is 32.1. The van der Waals surface area contributed by atoms with Gasteiger partial charge >= 0.3 is 0 Å². The van der Waals surface area contributed by atoms with Crippen LogP contribution in [0, 0.1) is 0 Å². The Morgan fingerprint density at radius 3 is 3.09 bits per heavy atom. The van der Waals surface area contributed by atoms with Crippen molar-refractivity contribution in [2.24, 2.45) is 5.73 Å². The predicted octanol–water partition coefficient (Wildman–Crippen LogP) is 1.04. The van der Waals surface area contributed by atoms with Crippen molar-refractivity contribution in [3.8, 4) is 0 Å². The smallest absolute Gasteiger partial charge is 0.164 e. The number of rotatable bonds is 2. The van der Waals surface area contributed by atoms with Gasteiger partial charge in [-0.25, -0.2) is 4.98 Å². The zero-order chi connectivity index (χ0) is 8.27. The number of hydrogen-bond acceptors (Lipinski definition) is 3. The molecule has 1 heterocycles. The third-order valence-electron chi connectivity index (χ3n) is 1.18. The summed E-state index contributed by atoms with van der Waals surface area (Å²) in [5.74, 6) is 0. The van der Waals surface area contributed by atoms with E-state index >= 15 is 0 Å². The maximum absolute atomic E-state index is 5.30. The second-order valence-electron chi connectivity index (χ2n) is 2.10. The molecule has 0 saturated carbocycles. The van der Waals surface area contributed by atoms with Gasteiger partial charge < -0.3 is 11.1 Å².